The summed E-state index contributed by atoms with van der Waals surface area (Å²) in [5.41, 5.74) is 4.97. The van der Waals surface area contributed by atoms with Crippen LogP contribution >= 0.6 is 0 Å². The number of carboxylic acid groups (broad SMARTS) is 1. The highest BCUT2D eigenvalue weighted by Crippen LogP contribution is 2.35. The van der Waals surface area contributed by atoms with Gasteiger partial charge in [0.25, 0.3) is 0 Å². The Hall–Kier alpha value is -0.610. The topological polar surface area (TPSA) is 66.6 Å². The van der Waals surface area contributed by atoms with E-state index in [-0.39, 0.29) is 0 Å². The Kier molecular flexibility index (Phi) is 3.46. The Morgan fingerprint density at radius 1 is 1.41 bits per heavy atom. The highest BCUT2D eigenvalue weighted by Gasteiger charge is 2.45. The van der Waals surface area contributed by atoms with E-state index in [2.05, 4.69) is 18.7 Å². The first-order chi connectivity index (χ1) is 7.94. The van der Waals surface area contributed by atoms with Crippen molar-refractivity contribution in [3.05, 3.63) is 0 Å². The minimum Gasteiger partial charge on any atom is -0.480 e. The van der Waals surface area contributed by atoms with Gasteiger partial charge in [0.15, 0.2) is 0 Å². The Bertz CT molecular complexity index is 308. The second kappa shape index (κ2) is 4.58. The molecule has 0 radical (unpaired) electrons. The maximum Gasteiger partial charge on any atom is 0.323 e. The van der Waals surface area contributed by atoms with Gasteiger partial charge in [0.05, 0.1) is 0 Å². The Labute approximate surface area is 103 Å². The predicted octanol–water partition coefficient (Wildman–Crippen LogP) is 1.44. The summed E-state index contributed by atoms with van der Waals surface area (Å²) in [5, 5.41) is 9.16. The summed E-state index contributed by atoms with van der Waals surface area (Å²) in [6.07, 6.45) is 4.67. The van der Waals surface area contributed by atoms with Crippen LogP contribution in [0.5, 0.6) is 0 Å². The molecule has 1 saturated carbocycles. The van der Waals surface area contributed by atoms with Crippen molar-refractivity contribution in [2.75, 3.05) is 6.54 Å². The van der Waals surface area contributed by atoms with Gasteiger partial charge in [-0.15, -0.1) is 0 Å². The first kappa shape index (κ1) is 12.8. The van der Waals surface area contributed by atoms with Crippen LogP contribution in [0.4, 0.5) is 0 Å². The van der Waals surface area contributed by atoms with E-state index in [1.54, 1.807) is 0 Å². The molecule has 0 amide bonds. The van der Waals surface area contributed by atoms with Gasteiger partial charge in [0.1, 0.15) is 5.54 Å². The summed E-state index contributed by atoms with van der Waals surface area (Å²) in [7, 11) is 0. The molecule has 4 unspecified atom stereocenters. The molecule has 0 aromatic rings. The number of carboxylic acids is 1. The number of piperidine rings is 1. The Morgan fingerprint density at radius 3 is 2.71 bits per heavy atom. The average Bonchev–Trinajstić information content (AvgIpc) is 2.66. The number of rotatable bonds is 2. The standard InChI is InChI=1S/C13H24N2O2/c1-9-4-3-7-15(10(9)2)11-5-6-13(14,8-11)12(16)17/h9-11H,3-8,14H2,1-2H3,(H,16,17). The Morgan fingerprint density at radius 2 is 2.12 bits per heavy atom. The molecule has 17 heavy (non-hydrogen) atoms. The number of hydrogen-bond acceptors (Lipinski definition) is 3. The van der Waals surface area contributed by atoms with Crippen LogP contribution in [0.2, 0.25) is 0 Å². The van der Waals surface area contributed by atoms with Crippen molar-refractivity contribution >= 4 is 5.97 Å². The number of aliphatic carboxylic acids is 1. The lowest BCUT2D eigenvalue weighted by atomic mass is 9.90. The monoisotopic (exact) mass is 240 g/mol. The van der Waals surface area contributed by atoms with Crippen LogP contribution < -0.4 is 5.73 Å². The summed E-state index contributed by atoms with van der Waals surface area (Å²) < 4.78 is 0. The van der Waals surface area contributed by atoms with Crippen molar-refractivity contribution in [1.82, 2.24) is 4.90 Å². The second-order valence-corrected chi connectivity index (χ2v) is 5.96. The van der Waals surface area contributed by atoms with Crippen LogP contribution in [0.25, 0.3) is 0 Å². The maximum absolute atomic E-state index is 11.2. The van der Waals surface area contributed by atoms with Gasteiger partial charge in [-0.3, -0.25) is 9.69 Å². The lowest BCUT2D eigenvalue weighted by Crippen LogP contribution is -2.51. The van der Waals surface area contributed by atoms with Crippen LogP contribution in [0.3, 0.4) is 0 Å². The molecule has 4 heteroatoms. The molecular formula is C13H24N2O2. The lowest BCUT2D eigenvalue weighted by molar-refractivity contribution is -0.143. The lowest BCUT2D eigenvalue weighted by Gasteiger charge is -2.42. The molecule has 0 aromatic heterocycles. The van der Waals surface area contributed by atoms with E-state index in [4.69, 9.17) is 10.8 Å². The predicted molar refractivity (Wildman–Crippen MR) is 66.8 cm³/mol. The van der Waals surface area contributed by atoms with Crippen LogP contribution in [-0.2, 0) is 4.79 Å². The zero-order chi connectivity index (χ0) is 12.6. The van der Waals surface area contributed by atoms with Crippen molar-refractivity contribution in [2.24, 2.45) is 11.7 Å². The summed E-state index contributed by atoms with van der Waals surface area (Å²) in [6.45, 7) is 5.66. The van der Waals surface area contributed by atoms with E-state index in [1.165, 1.54) is 12.8 Å². The highest BCUT2D eigenvalue weighted by atomic mass is 16.4. The quantitative estimate of drug-likeness (QED) is 0.766. The van der Waals surface area contributed by atoms with Gasteiger partial charge in [0, 0.05) is 12.1 Å². The number of carbonyl (C=O) groups is 1. The van der Waals surface area contributed by atoms with E-state index >= 15 is 0 Å². The smallest absolute Gasteiger partial charge is 0.323 e. The molecule has 0 spiro atoms. The maximum atomic E-state index is 11.2. The van der Waals surface area contributed by atoms with E-state index in [9.17, 15) is 4.79 Å². The van der Waals surface area contributed by atoms with E-state index in [0.717, 1.165) is 13.0 Å². The zero-order valence-corrected chi connectivity index (χ0v) is 10.9. The third-order valence-corrected chi connectivity index (χ3v) is 4.84. The fraction of sp³-hybridized carbons (Fsp3) is 0.923. The van der Waals surface area contributed by atoms with E-state index < -0.39 is 11.5 Å². The van der Waals surface area contributed by atoms with Gasteiger partial charge in [-0.2, -0.15) is 0 Å². The van der Waals surface area contributed by atoms with Gasteiger partial charge in [-0.25, -0.2) is 0 Å². The number of likely N-dealkylation sites (tertiary alicyclic amines) is 1. The molecule has 1 aliphatic carbocycles. The van der Waals surface area contributed by atoms with E-state index in [0.29, 0.717) is 30.8 Å². The third kappa shape index (κ3) is 2.33. The van der Waals surface area contributed by atoms with Gasteiger partial charge in [0.2, 0.25) is 0 Å². The molecule has 98 valence electrons. The van der Waals surface area contributed by atoms with Crippen molar-refractivity contribution < 1.29 is 9.90 Å². The van der Waals surface area contributed by atoms with E-state index in [1.807, 2.05) is 0 Å². The molecule has 2 fully saturated rings. The molecule has 4 nitrogen and oxygen atoms in total. The van der Waals surface area contributed by atoms with Gasteiger partial charge in [-0.1, -0.05) is 6.92 Å². The van der Waals surface area contributed by atoms with Gasteiger partial charge < -0.3 is 10.8 Å². The molecule has 4 atom stereocenters. The minimum absolute atomic E-state index is 0.369. The van der Waals surface area contributed by atoms with Crippen LogP contribution in [-0.4, -0.2) is 40.1 Å². The SMILES string of the molecule is CC1CCCN(C2CCC(N)(C(=O)O)C2)C1C. The molecule has 2 rings (SSSR count). The fourth-order valence-corrected chi connectivity index (χ4v) is 3.41. The molecule has 1 aliphatic heterocycles. The average molecular weight is 240 g/mol. The largest absolute Gasteiger partial charge is 0.480 e. The first-order valence-corrected chi connectivity index (χ1v) is 6.72. The molecule has 1 heterocycles. The molecule has 3 N–H and O–H groups in total. The molecule has 0 bridgehead atoms. The van der Waals surface area contributed by atoms with Crippen molar-refractivity contribution in [1.29, 1.82) is 0 Å². The summed E-state index contributed by atoms with van der Waals surface area (Å²) >= 11 is 0. The molecule has 1 saturated heterocycles. The number of nitrogens with zero attached hydrogens (tertiary/aromatic N) is 1. The molecule has 0 aromatic carbocycles. The summed E-state index contributed by atoms with van der Waals surface area (Å²) in [4.78, 5) is 13.6. The first-order valence-electron chi connectivity index (χ1n) is 6.72. The summed E-state index contributed by atoms with van der Waals surface area (Å²) in [6, 6.07) is 0.929. The van der Waals surface area contributed by atoms with Crippen LogP contribution in [0, 0.1) is 5.92 Å². The van der Waals surface area contributed by atoms with Gasteiger partial charge in [-0.05, 0) is 51.5 Å². The fourth-order valence-electron chi connectivity index (χ4n) is 3.41. The minimum atomic E-state index is -0.981. The normalized spacial score (nSPS) is 43.8. The number of nitrogens with two attached hydrogens (primary N) is 1. The molecule has 2 aliphatic rings. The summed E-state index contributed by atoms with van der Waals surface area (Å²) in [5.74, 6) is -0.126. The van der Waals surface area contributed by atoms with Crippen LogP contribution in [0.1, 0.15) is 46.0 Å². The van der Waals surface area contributed by atoms with Crippen LogP contribution in [0.15, 0.2) is 0 Å². The van der Waals surface area contributed by atoms with Crippen molar-refractivity contribution in [3.8, 4) is 0 Å². The second-order valence-electron chi connectivity index (χ2n) is 5.96. The highest BCUT2D eigenvalue weighted by molar-refractivity contribution is 5.79. The Balaban J connectivity index is 2.03. The number of hydrogen-bond donors (Lipinski definition) is 2. The van der Waals surface area contributed by atoms with Crippen molar-refractivity contribution in [2.45, 2.75) is 63.6 Å². The molecular weight excluding hydrogens is 216 g/mol. The van der Waals surface area contributed by atoms with Crippen molar-refractivity contribution in [3.63, 3.8) is 0 Å². The zero-order valence-electron chi connectivity index (χ0n) is 10.9. The third-order valence-electron chi connectivity index (χ3n) is 4.84. The van der Waals surface area contributed by atoms with Gasteiger partial charge >= 0.3 is 5.97 Å².